The van der Waals surface area contributed by atoms with Crippen LogP contribution in [0.15, 0.2) is 12.1 Å². The molecule has 7 nitrogen and oxygen atoms in total. The van der Waals surface area contributed by atoms with E-state index in [1.807, 2.05) is 37.8 Å². The van der Waals surface area contributed by atoms with Gasteiger partial charge in [-0.2, -0.15) is 0 Å². The first-order valence-electron chi connectivity index (χ1n) is 12.2. The number of phenolic OH excluding ortho intramolecular Hbond substituents is 1. The van der Waals surface area contributed by atoms with E-state index in [1.165, 1.54) is 0 Å². The van der Waals surface area contributed by atoms with Crippen LogP contribution in [0.3, 0.4) is 0 Å². The molecule has 1 aromatic rings. The van der Waals surface area contributed by atoms with Gasteiger partial charge in [-0.05, 0) is 81.4 Å². The molecule has 0 unspecified atom stereocenters. The second-order valence-electron chi connectivity index (χ2n) is 9.70. The van der Waals surface area contributed by atoms with E-state index < -0.39 is 11.9 Å². The van der Waals surface area contributed by atoms with Crippen LogP contribution in [0.25, 0.3) is 0 Å². The summed E-state index contributed by atoms with van der Waals surface area (Å²) >= 11 is 0. The van der Waals surface area contributed by atoms with E-state index in [0.29, 0.717) is 37.1 Å². The van der Waals surface area contributed by atoms with Gasteiger partial charge in [-0.25, -0.2) is 4.79 Å². The predicted octanol–water partition coefficient (Wildman–Crippen LogP) is 3.23. The first-order valence-corrected chi connectivity index (χ1v) is 12.2. The zero-order valence-electron chi connectivity index (χ0n) is 20.4. The standard InChI is InChI=1S/C26H38N2O5/c1-5-33-26(32)25(31)28-12-8-22(9-13-28)21-6-10-27(11-7-21)24(30)19(4)16-20-14-17(2)23(29)18(3)15-20/h14-15,19,21-22,29H,5-13,16H2,1-4H3/t19-/m1/s1. The van der Waals surface area contributed by atoms with Crippen molar-refractivity contribution in [3.8, 4) is 5.75 Å². The van der Waals surface area contributed by atoms with Gasteiger partial charge in [0.05, 0.1) is 6.61 Å². The molecule has 2 heterocycles. The number of benzene rings is 1. The van der Waals surface area contributed by atoms with Gasteiger partial charge in [-0.1, -0.05) is 19.1 Å². The number of carbonyl (C=O) groups is 3. The van der Waals surface area contributed by atoms with Crippen molar-refractivity contribution in [3.63, 3.8) is 0 Å². The molecule has 0 spiro atoms. The number of carbonyl (C=O) groups excluding carboxylic acids is 3. The summed E-state index contributed by atoms with van der Waals surface area (Å²) in [5.41, 5.74) is 2.78. The molecular formula is C26H38N2O5. The summed E-state index contributed by atoms with van der Waals surface area (Å²) in [7, 11) is 0. The molecule has 2 saturated heterocycles. The van der Waals surface area contributed by atoms with Gasteiger partial charge in [0.25, 0.3) is 0 Å². The summed E-state index contributed by atoms with van der Waals surface area (Å²) in [6, 6.07) is 3.94. The lowest BCUT2D eigenvalue weighted by Gasteiger charge is -2.40. The number of hydrogen-bond acceptors (Lipinski definition) is 5. The molecule has 0 radical (unpaired) electrons. The Kier molecular flexibility index (Phi) is 8.38. The molecular weight excluding hydrogens is 420 g/mol. The second-order valence-corrected chi connectivity index (χ2v) is 9.70. The highest BCUT2D eigenvalue weighted by atomic mass is 16.5. The first kappa shape index (κ1) is 25.1. The molecule has 0 bridgehead atoms. The maximum atomic E-state index is 13.0. The van der Waals surface area contributed by atoms with Crippen molar-refractivity contribution >= 4 is 17.8 Å². The van der Waals surface area contributed by atoms with Gasteiger partial charge in [-0.15, -0.1) is 0 Å². The third-order valence-electron chi connectivity index (χ3n) is 7.31. The second kappa shape index (κ2) is 11.0. The molecule has 33 heavy (non-hydrogen) atoms. The lowest BCUT2D eigenvalue weighted by atomic mass is 9.78. The lowest BCUT2D eigenvalue weighted by Crippen LogP contribution is -2.46. The van der Waals surface area contributed by atoms with E-state index in [-0.39, 0.29) is 18.4 Å². The highest BCUT2D eigenvalue weighted by Gasteiger charge is 2.34. The lowest BCUT2D eigenvalue weighted by molar-refractivity contribution is -0.160. The largest absolute Gasteiger partial charge is 0.507 e. The summed E-state index contributed by atoms with van der Waals surface area (Å²) in [6.45, 7) is 10.4. The van der Waals surface area contributed by atoms with E-state index in [1.54, 1.807) is 11.8 Å². The fraction of sp³-hybridized carbons (Fsp3) is 0.654. The fourth-order valence-corrected chi connectivity index (χ4v) is 5.40. The monoisotopic (exact) mass is 458 g/mol. The number of phenols is 1. The highest BCUT2D eigenvalue weighted by Crippen LogP contribution is 2.33. The van der Waals surface area contributed by atoms with Crippen LogP contribution >= 0.6 is 0 Å². The maximum absolute atomic E-state index is 13.0. The number of hydrogen-bond donors (Lipinski definition) is 1. The Morgan fingerprint density at radius 2 is 1.45 bits per heavy atom. The predicted molar refractivity (Wildman–Crippen MR) is 126 cm³/mol. The van der Waals surface area contributed by atoms with Crippen molar-refractivity contribution in [2.75, 3.05) is 32.8 Å². The van der Waals surface area contributed by atoms with Crippen LogP contribution < -0.4 is 0 Å². The van der Waals surface area contributed by atoms with E-state index in [4.69, 9.17) is 4.74 Å². The molecule has 2 fully saturated rings. The smallest absolute Gasteiger partial charge is 0.397 e. The van der Waals surface area contributed by atoms with Gasteiger partial charge in [-0.3, -0.25) is 9.59 Å². The normalized spacial score (nSPS) is 18.8. The summed E-state index contributed by atoms with van der Waals surface area (Å²) < 4.78 is 4.83. The van der Waals surface area contributed by atoms with Crippen LogP contribution in [0.2, 0.25) is 0 Å². The number of piperidine rings is 2. The summed E-state index contributed by atoms with van der Waals surface area (Å²) in [6.07, 6.45) is 4.46. The Balaban J connectivity index is 1.45. The van der Waals surface area contributed by atoms with Crippen LogP contribution in [0.5, 0.6) is 5.75 Å². The molecule has 7 heteroatoms. The molecule has 1 N–H and O–H groups in total. The minimum absolute atomic E-state index is 0.0954. The molecule has 0 saturated carbocycles. The SMILES string of the molecule is CCOC(=O)C(=O)N1CCC(C2CCN(C(=O)[C@H](C)Cc3cc(C)c(O)c(C)c3)CC2)CC1. The number of rotatable bonds is 5. The van der Waals surface area contributed by atoms with Gasteiger partial charge >= 0.3 is 11.9 Å². The van der Waals surface area contributed by atoms with Gasteiger partial charge in [0.15, 0.2) is 0 Å². The Morgan fingerprint density at radius 1 is 0.970 bits per heavy atom. The zero-order valence-corrected chi connectivity index (χ0v) is 20.4. The first-order chi connectivity index (χ1) is 15.7. The number of esters is 1. The quantitative estimate of drug-likeness (QED) is 0.541. The molecule has 2 amide bonds. The summed E-state index contributed by atoms with van der Waals surface area (Å²) in [5.74, 6) is 0.253. The van der Waals surface area contributed by atoms with Crippen LogP contribution in [0, 0.1) is 31.6 Å². The van der Waals surface area contributed by atoms with Crippen molar-refractivity contribution in [1.82, 2.24) is 9.80 Å². The average molecular weight is 459 g/mol. The number of aryl methyl sites for hydroxylation is 2. The summed E-state index contributed by atoms with van der Waals surface area (Å²) in [4.78, 5) is 40.5. The van der Waals surface area contributed by atoms with Crippen molar-refractivity contribution in [2.24, 2.45) is 17.8 Å². The van der Waals surface area contributed by atoms with E-state index in [2.05, 4.69) is 0 Å². The molecule has 0 aliphatic carbocycles. The molecule has 2 aliphatic heterocycles. The number of likely N-dealkylation sites (tertiary alicyclic amines) is 2. The van der Waals surface area contributed by atoms with Crippen molar-refractivity contribution in [1.29, 1.82) is 0 Å². The zero-order chi connectivity index (χ0) is 24.1. The Bertz CT molecular complexity index is 844. The topological polar surface area (TPSA) is 87.2 Å². The van der Waals surface area contributed by atoms with Gasteiger partial charge < -0.3 is 19.6 Å². The van der Waals surface area contributed by atoms with Crippen molar-refractivity contribution in [3.05, 3.63) is 28.8 Å². The minimum Gasteiger partial charge on any atom is -0.507 e. The average Bonchev–Trinajstić information content (AvgIpc) is 2.82. The fourth-order valence-electron chi connectivity index (χ4n) is 5.40. The number of ether oxygens (including phenoxy) is 1. The van der Waals surface area contributed by atoms with Gasteiger partial charge in [0, 0.05) is 32.1 Å². The number of aromatic hydroxyl groups is 1. The van der Waals surface area contributed by atoms with Crippen LogP contribution in [-0.4, -0.2) is 65.5 Å². The molecule has 182 valence electrons. The highest BCUT2D eigenvalue weighted by molar-refractivity contribution is 6.32. The van der Waals surface area contributed by atoms with Crippen molar-refractivity contribution < 1.29 is 24.2 Å². The number of nitrogens with zero attached hydrogens (tertiary/aromatic N) is 2. The van der Waals surface area contributed by atoms with E-state index in [9.17, 15) is 19.5 Å². The Morgan fingerprint density at radius 3 is 1.94 bits per heavy atom. The van der Waals surface area contributed by atoms with Crippen LogP contribution in [0.1, 0.15) is 56.2 Å². The van der Waals surface area contributed by atoms with E-state index in [0.717, 1.165) is 55.5 Å². The molecule has 1 atom stereocenters. The molecule has 3 rings (SSSR count). The third kappa shape index (κ3) is 6.06. The van der Waals surface area contributed by atoms with Crippen molar-refractivity contribution in [2.45, 2.75) is 59.8 Å². The molecule has 2 aliphatic rings. The van der Waals surface area contributed by atoms with E-state index >= 15 is 0 Å². The maximum Gasteiger partial charge on any atom is 0.397 e. The van der Waals surface area contributed by atoms with Gasteiger partial charge in [0.1, 0.15) is 5.75 Å². The van der Waals surface area contributed by atoms with Crippen LogP contribution in [0.4, 0.5) is 0 Å². The van der Waals surface area contributed by atoms with Gasteiger partial charge in [0.2, 0.25) is 5.91 Å². The summed E-state index contributed by atoms with van der Waals surface area (Å²) in [5, 5.41) is 9.98. The Labute approximate surface area is 197 Å². The molecule has 1 aromatic carbocycles. The Hall–Kier alpha value is -2.57. The minimum atomic E-state index is -0.755. The van der Waals surface area contributed by atoms with Crippen LogP contribution in [-0.2, 0) is 25.5 Å². The number of amides is 2. The molecule has 0 aromatic heterocycles. The third-order valence-corrected chi connectivity index (χ3v) is 7.31.